The molecule has 0 aromatic heterocycles. The number of aliphatic hydroxyl groups is 1. The molecule has 0 spiro atoms. The summed E-state index contributed by atoms with van der Waals surface area (Å²) in [5.74, 6) is -0.181. The molecule has 0 saturated carbocycles. The minimum absolute atomic E-state index is 0.122. The molecule has 6 nitrogen and oxygen atoms in total. The lowest BCUT2D eigenvalue weighted by Gasteiger charge is -2.12. The van der Waals surface area contributed by atoms with Crippen LogP contribution in [-0.2, 0) is 0 Å². The Morgan fingerprint density at radius 2 is 1.89 bits per heavy atom. The largest absolute Gasteiger partial charge is 0.394 e. The monoisotopic (exact) mass is 251 g/mol. The standard InChI is InChI=1S/C12H17N3O3/c1-8(7-16)14-12(18)15-10-5-3-9(4-6-10)11(17)13-2/h3-6,8,16H,7H2,1-2H3,(H,13,17)(H2,14,15,18)/t8-/m1/s1. The van der Waals surface area contributed by atoms with E-state index >= 15 is 0 Å². The Balaban J connectivity index is 2.58. The number of anilines is 1. The van der Waals surface area contributed by atoms with Crippen molar-refractivity contribution in [3.63, 3.8) is 0 Å². The maximum atomic E-state index is 11.4. The number of hydrogen-bond donors (Lipinski definition) is 4. The van der Waals surface area contributed by atoms with Crippen molar-refractivity contribution in [2.24, 2.45) is 0 Å². The number of carbonyl (C=O) groups excluding carboxylic acids is 2. The van der Waals surface area contributed by atoms with Crippen LogP contribution in [0.2, 0.25) is 0 Å². The minimum atomic E-state index is -0.399. The van der Waals surface area contributed by atoms with Crippen LogP contribution in [-0.4, -0.2) is 36.7 Å². The Morgan fingerprint density at radius 1 is 1.28 bits per heavy atom. The number of carbonyl (C=O) groups is 2. The molecule has 0 bridgehead atoms. The lowest BCUT2D eigenvalue weighted by atomic mass is 10.2. The molecule has 4 N–H and O–H groups in total. The van der Waals surface area contributed by atoms with Gasteiger partial charge in [-0.15, -0.1) is 0 Å². The highest BCUT2D eigenvalue weighted by atomic mass is 16.3. The van der Waals surface area contributed by atoms with E-state index < -0.39 is 6.03 Å². The Morgan fingerprint density at radius 3 is 2.39 bits per heavy atom. The minimum Gasteiger partial charge on any atom is -0.394 e. The van der Waals surface area contributed by atoms with E-state index in [1.165, 1.54) is 0 Å². The third kappa shape index (κ3) is 4.06. The maximum absolute atomic E-state index is 11.4. The fourth-order valence-corrected chi connectivity index (χ4v) is 1.29. The zero-order chi connectivity index (χ0) is 13.5. The zero-order valence-corrected chi connectivity index (χ0v) is 10.4. The van der Waals surface area contributed by atoms with Crippen LogP contribution in [0.15, 0.2) is 24.3 Å². The number of amides is 3. The second-order valence-corrected chi connectivity index (χ2v) is 3.84. The number of aliphatic hydroxyl groups excluding tert-OH is 1. The molecule has 6 heteroatoms. The van der Waals surface area contributed by atoms with Crippen LogP contribution >= 0.6 is 0 Å². The quantitative estimate of drug-likeness (QED) is 0.630. The Bertz CT molecular complexity index is 417. The van der Waals surface area contributed by atoms with Crippen molar-refractivity contribution < 1.29 is 14.7 Å². The van der Waals surface area contributed by atoms with Crippen molar-refractivity contribution in [2.45, 2.75) is 13.0 Å². The second-order valence-electron chi connectivity index (χ2n) is 3.84. The predicted molar refractivity (Wildman–Crippen MR) is 68.5 cm³/mol. The highest BCUT2D eigenvalue weighted by molar-refractivity contribution is 5.95. The third-order valence-electron chi connectivity index (χ3n) is 2.28. The van der Waals surface area contributed by atoms with Gasteiger partial charge in [-0.3, -0.25) is 4.79 Å². The Kier molecular flexibility index (Phi) is 5.13. The zero-order valence-electron chi connectivity index (χ0n) is 10.4. The van der Waals surface area contributed by atoms with Gasteiger partial charge in [0.15, 0.2) is 0 Å². The number of benzene rings is 1. The molecule has 1 rings (SSSR count). The van der Waals surface area contributed by atoms with Crippen LogP contribution in [0.3, 0.4) is 0 Å². The highest BCUT2D eigenvalue weighted by Gasteiger charge is 2.07. The van der Waals surface area contributed by atoms with Crippen LogP contribution in [0.5, 0.6) is 0 Å². The van der Waals surface area contributed by atoms with E-state index in [4.69, 9.17) is 5.11 Å². The van der Waals surface area contributed by atoms with E-state index in [0.717, 1.165) is 0 Å². The van der Waals surface area contributed by atoms with Crippen LogP contribution in [0.4, 0.5) is 10.5 Å². The molecule has 3 amide bonds. The molecule has 0 heterocycles. The van der Waals surface area contributed by atoms with Crippen LogP contribution in [0, 0.1) is 0 Å². The van der Waals surface area contributed by atoms with Gasteiger partial charge in [-0.25, -0.2) is 4.79 Å². The van der Waals surface area contributed by atoms with Gasteiger partial charge in [0.25, 0.3) is 5.91 Å². The molecule has 0 saturated heterocycles. The normalized spacial score (nSPS) is 11.5. The first-order valence-electron chi connectivity index (χ1n) is 5.57. The number of hydrogen-bond acceptors (Lipinski definition) is 3. The molecule has 0 aliphatic heterocycles. The van der Waals surface area contributed by atoms with Crippen molar-refractivity contribution in [3.8, 4) is 0 Å². The van der Waals surface area contributed by atoms with Gasteiger partial charge in [0, 0.05) is 18.3 Å². The molecule has 0 radical (unpaired) electrons. The molecule has 98 valence electrons. The summed E-state index contributed by atoms with van der Waals surface area (Å²) >= 11 is 0. The summed E-state index contributed by atoms with van der Waals surface area (Å²) in [4.78, 5) is 22.7. The van der Waals surface area contributed by atoms with Crippen molar-refractivity contribution in [2.75, 3.05) is 19.0 Å². The summed E-state index contributed by atoms with van der Waals surface area (Å²) < 4.78 is 0. The van der Waals surface area contributed by atoms with E-state index in [1.54, 1.807) is 38.2 Å². The molecular formula is C12H17N3O3. The molecular weight excluding hydrogens is 234 g/mol. The number of rotatable bonds is 4. The second kappa shape index (κ2) is 6.61. The van der Waals surface area contributed by atoms with E-state index in [1.807, 2.05) is 0 Å². The maximum Gasteiger partial charge on any atom is 0.319 e. The summed E-state index contributed by atoms with van der Waals surface area (Å²) in [5.41, 5.74) is 1.09. The number of nitrogens with one attached hydrogen (secondary N) is 3. The Hall–Kier alpha value is -2.08. The fourth-order valence-electron chi connectivity index (χ4n) is 1.29. The first-order valence-corrected chi connectivity index (χ1v) is 5.57. The first kappa shape index (κ1) is 14.0. The van der Waals surface area contributed by atoms with E-state index in [-0.39, 0.29) is 18.6 Å². The average Bonchev–Trinajstić information content (AvgIpc) is 2.38. The SMILES string of the molecule is CNC(=O)c1ccc(NC(=O)N[C@H](C)CO)cc1. The molecule has 1 aromatic rings. The van der Waals surface area contributed by atoms with Gasteiger partial charge in [0.05, 0.1) is 12.6 Å². The van der Waals surface area contributed by atoms with Gasteiger partial charge in [-0.05, 0) is 31.2 Å². The van der Waals surface area contributed by atoms with Gasteiger partial charge in [0.1, 0.15) is 0 Å². The average molecular weight is 251 g/mol. The predicted octanol–water partition coefficient (Wildman–Crippen LogP) is 0.548. The Labute approximate surface area is 105 Å². The number of urea groups is 1. The van der Waals surface area contributed by atoms with Crippen LogP contribution in [0.25, 0.3) is 0 Å². The summed E-state index contributed by atoms with van der Waals surface area (Å²) in [7, 11) is 1.55. The summed E-state index contributed by atoms with van der Waals surface area (Å²) in [6.45, 7) is 1.57. The molecule has 1 aromatic carbocycles. The van der Waals surface area contributed by atoms with Gasteiger partial charge >= 0.3 is 6.03 Å². The highest BCUT2D eigenvalue weighted by Crippen LogP contribution is 2.09. The third-order valence-corrected chi connectivity index (χ3v) is 2.28. The molecule has 1 atom stereocenters. The molecule has 0 fully saturated rings. The fraction of sp³-hybridized carbons (Fsp3) is 0.333. The van der Waals surface area contributed by atoms with Gasteiger partial charge in [-0.2, -0.15) is 0 Å². The lowest BCUT2D eigenvalue weighted by Crippen LogP contribution is -2.38. The van der Waals surface area contributed by atoms with E-state index in [2.05, 4.69) is 16.0 Å². The van der Waals surface area contributed by atoms with Crippen molar-refractivity contribution in [1.82, 2.24) is 10.6 Å². The van der Waals surface area contributed by atoms with E-state index in [9.17, 15) is 9.59 Å². The molecule has 0 unspecified atom stereocenters. The van der Waals surface area contributed by atoms with Gasteiger partial charge in [0.2, 0.25) is 0 Å². The smallest absolute Gasteiger partial charge is 0.319 e. The van der Waals surface area contributed by atoms with Gasteiger partial charge < -0.3 is 21.1 Å². The summed E-state index contributed by atoms with van der Waals surface area (Å²) in [5, 5.41) is 16.4. The molecule has 18 heavy (non-hydrogen) atoms. The van der Waals surface area contributed by atoms with Gasteiger partial charge in [-0.1, -0.05) is 0 Å². The lowest BCUT2D eigenvalue weighted by molar-refractivity contribution is 0.0963. The topological polar surface area (TPSA) is 90.5 Å². The van der Waals surface area contributed by atoms with Crippen LogP contribution < -0.4 is 16.0 Å². The van der Waals surface area contributed by atoms with Crippen molar-refractivity contribution in [3.05, 3.63) is 29.8 Å². The molecule has 0 aliphatic rings. The van der Waals surface area contributed by atoms with Crippen molar-refractivity contribution in [1.29, 1.82) is 0 Å². The summed E-state index contributed by atoms with van der Waals surface area (Å²) in [6.07, 6.45) is 0. The van der Waals surface area contributed by atoms with Crippen molar-refractivity contribution >= 4 is 17.6 Å². The van der Waals surface area contributed by atoms with Crippen LogP contribution in [0.1, 0.15) is 17.3 Å². The molecule has 0 aliphatic carbocycles. The summed E-state index contributed by atoms with van der Waals surface area (Å²) in [6, 6.07) is 5.79. The first-order chi connectivity index (χ1) is 8.56. The van der Waals surface area contributed by atoms with E-state index in [0.29, 0.717) is 11.3 Å².